The van der Waals surface area contributed by atoms with Gasteiger partial charge in [-0.15, -0.1) is 0 Å². The van der Waals surface area contributed by atoms with Crippen LogP contribution in [0.4, 0.5) is 8.78 Å². The van der Waals surface area contributed by atoms with Gasteiger partial charge >= 0.3 is 0 Å². The molecule has 132 valence electrons. The van der Waals surface area contributed by atoms with Crippen molar-refractivity contribution in [1.29, 1.82) is 0 Å². The van der Waals surface area contributed by atoms with Crippen LogP contribution in [-0.2, 0) is 19.5 Å². The summed E-state index contributed by atoms with van der Waals surface area (Å²) in [6, 6.07) is 7.46. The van der Waals surface area contributed by atoms with Crippen LogP contribution in [0.3, 0.4) is 0 Å². The van der Waals surface area contributed by atoms with Gasteiger partial charge in [0.15, 0.2) is 11.6 Å². The van der Waals surface area contributed by atoms with Gasteiger partial charge in [0.05, 0.1) is 11.3 Å². The average molecular weight is 354 g/mol. The maximum absolute atomic E-state index is 13.4. The normalized spacial score (nSPS) is 14.2. The Labute approximate surface area is 148 Å². The van der Waals surface area contributed by atoms with Gasteiger partial charge in [0.2, 0.25) is 0 Å². The number of pyridine rings is 1. The SMILES string of the molecule is O=c1[nH]c(-c2ccncc2)nc2c1CN(Cc1ccc(F)c(F)c1)CC2. The second kappa shape index (κ2) is 6.76. The summed E-state index contributed by atoms with van der Waals surface area (Å²) in [6.07, 6.45) is 3.93. The minimum Gasteiger partial charge on any atom is -0.306 e. The summed E-state index contributed by atoms with van der Waals surface area (Å²) in [4.78, 5) is 25.9. The molecule has 0 amide bonds. The number of hydrogen-bond donors (Lipinski definition) is 1. The van der Waals surface area contributed by atoms with Crippen LogP contribution in [0.2, 0.25) is 0 Å². The molecule has 2 aromatic heterocycles. The Morgan fingerprint density at radius 2 is 1.92 bits per heavy atom. The molecular weight excluding hydrogens is 338 g/mol. The first-order valence-electron chi connectivity index (χ1n) is 8.29. The van der Waals surface area contributed by atoms with Crippen molar-refractivity contribution in [3.63, 3.8) is 0 Å². The van der Waals surface area contributed by atoms with Crippen molar-refractivity contribution < 1.29 is 8.78 Å². The standard InChI is InChI=1S/C19H16F2N4O/c20-15-2-1-12(9-16(15)21)10-25-8-5-17-14(11-25)19(26)24-18(23-17)13-3-6-22-7-4-13/h1-4,6-7,9H,5,8,10-11H2,(H,23,24,26). The van der Waals surface area contributed by atoms with Crippen LogP contribution in [0, 0.1) is 11.6 Å². The molecule has 1 aliphatic heterocycles. The molecule has 5 nitrogen and oxygen atoms in total. The third kappa shape index (κ3) is 3.25. The first-order valence-corrected chi connectivity index (χ1v) is 8.29. The van der Waals surface area contributed by atoms with Crippen molar-refractivity contribution in [1.82, 2.24) is 19.9 Å². The van der Waals surface area contributed by atoms with Gasteiger partial charge in [-0.1, -0.05) is 6.07 Å². The fourth-order valence-electron chi connectivity index (χ4n) is 3.16. The van der Waals surface area contributed by atoms with E-state index in [1.54, 1.807) is 30.6 Å². The molecule has 0 saturated carbocycles. The largest absolute Gasteiger partial charge is 0.306 e. The van der Waals surface area contributed by atoms with E-state index in [0.717, 1.165) is 17.3 Å². The van der Waals surface area contributed by atoms with Crippen molar-refractivity contribution in [3.05, 3.63) is 81.5 Å². The molecule has 0 fully saturated rings. The molecule has 0 atom stereocenters. The monoisotopic (exact) mass is 354 g/mol. The van der Waals surface area contributed by atoms with Crippen LogP contribution in [0.1, 0.15) is 16.8 Å². The predicted octanol–water partition coefficient (Wildman–Crippen LogP) is 2.67. The molecule has 1 N–H and O–H groups in total. The molecule has 1 aromatic carbocycles. The Balaban J connectivity index is 1.57. The number of halogens is 2. The summed E-state index contributed by atoms with van der Waals surface area (Å²) >= 11 is 0. The number of fused-ring (bicyclic) bond motifs is 1. The molecule has 26 heavy (non-hydrogen) atoms. The van der Waals surface area contributed by atoms with E-state index in [-0.39, 0.29) is 5.56 Å². The Morgan fingerprint density at radius 1 is 1.12 bits per heavy atom. The smallest absolute Gasteiger partial charge is 0.255 e. The first-order chi connectivity index (χ1) is 12.6. The van der Waals surface area contributed by atoms with Gasteiger partial charge in [0.25, 0.3) is 5.56 Å². The van der Waals surface area contributed by atoms with Crippen molar-refractivity contribution in [2.45, 2.75) is 19.5 Å². The minimum absolute atomic E-state index is 0.170. The predicted molar refractivity (Wildman–Crippen MR) is 92.3 cm³/mol. The lowest BCUT2D eigenvalue weighted by Crippen LogP contribution is -2.35. The molecular formula is C19H16F2N4O. The maximum atomic E-state index is 13.4. The van der Waals surface area contributed by atoms with E-state index in [4.69, 9.17) is 0 Å². The molecule has 0 spiro atoms. The van der Waals surface area contributed by atoms with E-state index < -0.39 is 11.6 Å². The number of aromatic nitrogens is 3. The zero-order chi connectivity index (χ0) is 18.1. The lowest BCUT2D eigenvalue weighted by molar-refractivity contribution is 0.241. The Kier molecular flexibility index (Phi) is 4.30. The third-order valence-electron chi connectivity index (χ3n) is 4.49. The highest BCUT2D eigenvalue weighted by Gasteiger charge is 2.21. The quantitative estimate of drug-likeness (QED) is 0.786. The summed E-state index contributed by atoms with van der Waals surface area (Å²) in [6.45, 7) is 1.56. The van der Waals surface area contributed by atoms with Gasteiger partial charge in [0.1, 0.15) is 5.82 Å². The lowest BCUT2D eigenvalue weighted by Gasteiger charge is -2.27. The van der Waals surface area contributed by atoms with Gasteiger partial charge < -0.3 is 4.98 Å². The van der Waals surface area contributed by atoms with Crippen LogP contribution in [0.5, 0.6) is 0 Å². The number of rotatable bonds is 3. The van der Waals surface area contributed by atoms with Crippen molar-refractivity contribution in [2.24, 2.45) is 0 Å². The number of nitrogens with zero attached hydrogens (tertiary/aromatic N) is 3. The van der Waals surface area contributed by atoms with E-state index in [0.29, 0.717) is 43.0 Å². The summed E-state index contributed by atoms with van der Waals surface area (Å²) in [5.41, 5.74) is 2.71. The summed E-state index contributed by atoms with van der Waals surface area (Å²) in [7, 11) is 0. The van der Waals surface area contributed by atoms with Crippen LogP contribution in [-0.4, -0.2) is 26.4 Å². The van der Waals surface area contributed by atoms with E-state index in [1.165, 1.54) is 6.07 Å². The van der Waals surface area contributed by atoms with Gasteiger partial charge in [0, 0.05) is 44.0 Å². The first kappa shape index (κ1) is 16.5. The summed E-state index contributed by atoms with van der Waals surface area (Å²) < 4.78 is 26.4. The van der Waals surface area contributed by atoms with Crippen LogP contribution in [0.25, 0.3) is 11.4 Å². The number of aromatic amines is 1. The van der Waals surface area contributed by atoms with Gasteiger partial charge in [-0.25, -0.2) is 13.8 Å². The van der Waals surface area contributed by atoms with E-state index in [2.05, 4.69) is 15.0 Å². The lowest BCUT2D eigenvalue weighted by atomic mass is 10.1. The molecule has 0 aliphatic carbocycles. The molecule has 3 aromatic rings. The Bertz CT molecular complexity index is 1000. The van der Waals surface area contributed by atoms with Crippen LogP contribution < -0.4 is 5.56 Å². The summed E-state index contributed by atoms with van der Waals surface area (Å²) in [5, 5.41) is 0. The molecule has 0 bridgehead atoms. The average Bonchev–Trinajstić information content (AvgIpc) is 2.66. The summed E-state index contributed by atoms with van der Waals surface area (Å²) in [5.74, 6) is -1.19. The molecule has 1 aliphatic rings. The molecule has 0 saturated heterocycles. The highest BCUT2D eigenvalue weighted by atomic mass is 19.2. The number of hydrogen-bond acceptors (Lipinski definition) is 4. The van der Waals surface area contributed by atoms with Gasteiger partial charge in [-0.3, -0.25) is 14.7 Å². The number of H-pyrrole nitrogens is 1. The maximum Gasteiger partial charge on any atom is 0.255 e. The molecule has 0 radical (unpaired) electrons. The fraction of sp³-hybridized carbons (Fsp3) is 0.211. The third-order valence-corrected chi connectivity index (χ3v) is 4.49. The highest BCUT2D eigenvalue weighted by molar-refractivity contribution is 5.54. The zero-order valence-corrected chi connectivity index (χ0v) is 13.9. The molecule has 3 heterocycles. The van der Waals surface area contributed by atoms with Crippen LogP contribution >= 0.6 is 0 Å². The minimum atomic E-state index is -0.860. The van der Waals surface area contributed by atoms with Gasteiger partial charge in [-0.05, 0) is 29.8 Å². The fourth-order valence-corrected chi connectivity index (χ4v) is 3.16. The van der Waals surface area contributed by atoms with Crippen molar-refractivity contribution >= 4 is 0 Å². The molecule has 0 unspecified atom stereocenters. The highest BCUT2D eigenvalue weighted by Crippen LogP contribution is 2.20. The van der Waals surface area contributed by atoms with E-state index in [9.17, 15) is 13.6 Å². The topological polar surface area (TPSA) is 61.9 Å². The number of nitrogens with one attached hydrogen (secondary N) is 1. The molecule has 4 rings (SSSR count). The Morgan fingerprint density at radius 3 is 2.69 bits per heavy atom. The zero-order valence-electron chi connectivity index (χ0n) is 13.9. The molecule has 7 heteroatoms. The number of benzene rings is 1. The Hall–Kier alpha value is -2.93. The van der Waals surface area contributed by atoms with E-state index in [1.807, 2.05) is 4.90 Å². The second-order valence-electron chi connectivity index (χ2n) is 6.28. The van der Waals surface area contributed by atoms with Crippen molar-refractivity contribution in [3.8, 4) is 11.4 Å². The van der Waals surface area contributed by atoms with Gasteiger partial charge in [-0.2, -0.15) is 0 Å². The van der Waals surface area contributed by atoms with E-state index >= 15 is 0 Å². The van der Waals surface area contributed by atoms with Crippen molar-refractivity contribution in [2.75, 3.05) is 6.54 Å². The second-order valence-corrected chi connectivity index (χ2v) is 6.28. The van der Waals surface area contributed by atoms with Crippen LogP contribution in [0.15, 0.2) is 47.5 Å².